The highest BCUT2D eigenvalue weighted by Crippen LogP contribution is 2.48. The summed E-state index contributed by atoms with van der Waals surface area (Å²) in [5.41, 5.74) is -2.65. The van der Waals surface area contributed by atoms with E-state index in [2.05, 4.69) is 0 Å². The first-order valence-electron chi connectivity index (χ1n) is 11.1. The smallest absolute Gasteiger partial charge is 0.202 e. The summed E-state index contributed by atoms with van der Waals surface area (Å²) in [6, 6.07) is 4.02. The zero-order valence-corrected chi connectivity index (χ0v) is 18.3. The number of aromatic hydroxyl groups is 3. The lowest BCUT2D eigenvalue weighted by Crippen LogP contribution is -2.46. The second kappa shape index (κ2) is 8.61. The third-order valence-corrected chi connectivity index (χ3v) is 6.53. The van der Waals surface area contributed by atoms with Gasteiger partial charge in [0.15, 0.2) is 11.6 Å². The van der Waals surface area contributed by atoms with E-state index >= 15 is 0 Å². The van der Waals surface area contributed by atoms with E-state index in [9.17, 15) is 34.8 Å². The minimum atomic E-state index is -1.83. The molecule has 1 unspecified atom stereocenters. The fourth-order valence-corrected chi connectivity index (χ4v) is 4.66. The quantitative estimate of drug-likeness (QED) is 0.315. The molecule has 0 bridgehead atoms. The molecule has 33 heavy (non-hydrogen) atoms. The van der Waals surface area contributed by atoms with Crippen molar-refractivity contribution in [2.24, 2.45) is 0 Å². The fraction of sp³-hybridized carbons (Fsp3) is 0.400. The van der Waals surface area contributed by atoms with Gasteiger partial charge < -0.3 is 25.2 Å². The molecule has 0 saturated heterocycles. The molecule has 0 aliphatic heterocycles. The summed E-state index contributed by atoms with van der Waals surface area (Å²) in [6.45, 7) is 2.17. The molecule has 0 heterocycles. The maximum Gasteiger partial charge on any atom is 0.202 e. The lowest BCUT2D eigenvalue weighted by molar-refractivity contribution is -0.143. The Labute approximate surface area is 190 Å². The third kappa shape index (κ3) is 3.69. The van der Waals surface area contributed by atoms with Crippen LogP contribution in [-0.4, -0.2) is 56.6 Å². The number of hydrogen-bond donors (Lipinski definition) is 4. The van der Waals surface area contributed by atoms with E-state index in [1.165, 1.54) is 18.2 Å². The second-order valence-electron chi connectivity index (χ2n) is 8.65. The zero-order chi connectivity index (χ0) is 23.9. The summed E-state index contributed by atoms with van der Waals surface area (Å²) in [6.07, 6.45) is 2.44. The number of benzene rings is 2. The molecule has 8 heteroatoms. The lowest BCUT2D eigenvalue weighted by atomic mass is 9.73. The number of rotatable bonds is 7. The summed E-state index contributed by atoms with van der Waals surface area (Å²) in [5.74, 6) is -3.46. The Hall–Kier alpha value is -3.23. The van der Waals surface area contributed by atoms with Gasteiger partial charge in [-0.2, -0.15) is 0 Å². The summed E-state index contributed by atoms with van der Waals surface area (Å²) in [5, 5.41) is 43.0. The average Bonchev–Trinajstić information content (AvgIpc) is 2.79. The van der Waals surface area contributed by atoms with E-state index in [0.717, 1.165) is 19.3 Å². The molecule has 0 radical (unpaired) electrons. The van der Waals surface area contributed by atoms with Gasteiger partial charge in [-0.25, -0.2) is 0 Å². The van der Waals surface area contributed by atoms with E-state index in [1.54, 1.807) is 0 Å². The van der Waals surface area contributed by atoms with Crippen molar-refractivity contribution in [1.82, 2.24) is 0 Å². The molecule has 4 N–H and O–H groups in total. The zero-order valence-electron chi connectivity index (χ0n) is 18.3. The van der Waals surface area contributed by atoms with Crippen LogP contribution >= 0.6 is 0 Å². The van der Waals surface area contributed by atoms with Crippen LogP contribution in [0.5, 0.6) is 17.2 Å². The van der Waals surface area contributed by atoms with Crippen molar-refractivity contribution in [1.29, 1.82) is 0 Å². The topological polar surface area (TPSA) is 141 Å². The molecule has 174 valence electrons. The van der Waals surface area contributed by atoms with Gasteiger partial charge in [0, 0.05) is 29.7 Å². The van der Waals surface area contributed by atoms with Crippen LogP contribution in [0, 0.1) is 0 Å². The summed E-state index contributed by atoms with van der Waals surface area (Å²) in [4.78, 5) is 38.9. The third-order valence-electron chi connectivity index (χ3n) is 6.53. The Morgan fingerprint density at radius 3 is 2.42 bits per heavy atom. The molecule has 0 spiro atoms. The average molecular weight is 454 g/mol. The van der Waals surface area contributed by atoms with E-state index in [0.29, 0.717) is 6.61 Å². The van der Waals surface area contributed by atoms with Crippen LogP contribution in [0.1, 0.15) is 75.6 Å². The molecule has 0 fully saturated rings. The molecule has 0 amide bonds. The number of hydrogen-bond acceptors (Lipinski definition) is 8. The van der Waals surface area contributed by atoms with E-state index in [-0.39, 0.29) is 59.3 Å². The van der Waals surface area contributed by atoms with Crippen LogP contribution in [0.4, 0.5) is 0 Å². The summed E-state index contributed by atoms with van der Waals surface area (Å²) in [7, 11) is 0. The Kier molecular flexibility index (Phi) is 5.99. The lowest BCUT2D eigenvalue weighted by Gasteiger charge is -2.34. The predicted octanol–water partition coefficient (Wildman–Crippen LogP) is 2.57. The van der Waals surface area contributed by atoms with E-state index in [4.69, 9.17) is 4.74 Å². The second-order valence-corrected chi connectivity index (χ2v) is 8.65. The summed E-state index contributed by atoms with van der Waals surface area (Å²) < 4.78 is 5.39. The van der Waals surface area contributed by atoms with Gasteiger partial charge in [0.1, 0.15) is 29.5 Å². The van der Waals surface area contributed by atoms with Crippen LogP contribution in [0.3, 0.4) is 0 Å². The molecule has 1 atom stereocenters. The van der Waals surface area contributed by atoms with Crippen molar-refractivity contribution in [3.63, 3.8) is 0 Å². The molecule has 4 rings (SSSR count). The number of carbonyl (C=O) groups excluding carboxylic acids is 3. The standard InChI is InChI=1S/C25H26O8/c1-2-3-4-10-33-12-17(27)25(32)9-8-13-15(11-25)23(30)19-20(21(13)28)24(31)18-14(22(19)29)6-5-7-16(18)26/h5-7,26,28,30,32H,2-4,8-12H2,1H3. The Morgan fingerprint density at radius 2 is 1.70 bits per heavy atom. The van der Waals surface area contributed by atoms with Gasteiger partial charge in [-0.15, -0.1) is 0 Å². The molecule has 0 aromatic heterocycles. The van der Waals surface area contributed by atoms with Gasteiger partial charge in [0.25, 0.3) is 0 Å². The molecule has 8 nitrogen and oxygen atoms in total. The highest BCUT2D eigenvalue weighted by Gasteiger charge is 2.45. The number of ether oxygens (including phenoxy) is 1. The Bertz CT molecular complexity index is 1170. The van der Waals surface area contributed by atoms with Crippen molar-refractivity contribution >= 4 is 17.3 Å². The highest BCUT2D eigenvalue weighted by molar-refractivity contribution is 6.31. The molecular formula is C25H26O8. The predicted molar refractivity (Wildman–Crippen MR) is 117 cm³/mol. The molecule has 2 aliphatic rings. The highest BCUT2D eigenvalue weighted by atomic mass is 16.5. The SMILES string of the molecule is CCCCCOCC(=O)C1(O)CCc2c(O)c3c(c(O)c2C1)C(=O)c1cccc(O)c1C3=O. The van der Waals surface area contributed by atoms with Gasteiger partial charge in [-0.05, 0) is 25.3 Å². The van der Waals surface area contributed by atoms with Gasteiger partial charge >= 0.3 is 0 Å². The Balaban J connectivity index is 1.69. The molecule has 2 aliphatic carbocycles. The van der Waals surface area contributed by atoms with Gasteiger partial charge in [0.05, 0.1) is 16.7 Å². The van der Waals surface area contributed by atoms with Gasteiger partial charge in [-0.3, -0.25) is 14.4 Å². The van der Waals surface area contributed by atoms with Crippen molar-refractivity contribution in [3.05, 3.63) is 51.6 Å². The number of ketones is 3. The monoisotopic (exact) mass is 454 g/mol. The maximum atomic E-state index is 13.1. The minimum Gasteiger partial charge on any atom is -0.507 e. The molecule has 2 aromatic rings. The van der Waals surface area contributed by atoms with Crippen molar-refractivity contribution in [2.75, 3.05) is 13.2 Å². The largest absolute Gasteiger partial charge is 0.507 e. The number of aliphatic hydroxyl groups is 1. The first-order chi connectivity index (χ1) is 15.7. The van der Waals surface area contributed by atoms with Crippen LogP contribution < -0.4 is 0 Å². The van der Waals surface area contributed by atoms with Crippen LogP contribution in [-0.2, 0) is 22.4 Å². The van der Waals surface area contributed by atoms with Crippen molar-refractivity contribution in [3.8, 4) is 17.2 Å². The molecular weight excluding hydrogens is 428 g/mol. The van der Waals surface area contributed by atoms with E-state index < -0.39 is 40.2 Å². The number of Topliss-reactive ketones (excluding diaryl/α,β-unsaturated/α-hetero) is 1. The normalized spacial score (nSPS) is 19.1. The number of unbranched alkanes of at least 4 members (excludes halogenated alkanes) is 2. The number of carbonyl (C=O) groups is 3. The fourth-order valence-electron chi connectivity index (χ4n) is 4.66. The molecule has 2 aromatic carbocycles. The first kappa shape index (κ1) is 22.9. The Morgan fingerprint density at radius 1 is 1.00 bits per heavy atom. The summed E-state index contributed by atoms with van der Waals surface area (Å²) >= 11 is 0. The number of phenols is 3. The first-order valence-corrected chi connectivity index (χ1v) is 11.1. The number of fused-ring (bicyclic) bond motifs is 3. The van der Waals surface area contributed by atoms with Crippen LogP contribution in [0.2, 0.25) is 0 Å². The van der Waals surface area contributed by atoms with Crippen molar-refractivity contribution < 1.29 is 39.5 Å². The minimum absolute atomic E-state index is 0.00911. The molecule has 0 saturated carbocycles. The van der Waals surface area contributed by atoms with E-state index in [1.807, 2.05) is 6.92 Å². The van der Waals surface area contributed by atoms with Crippen molar-refractivity contribution in [2.45, 2.75) is 51.0 Å². The van der Waals surface area contributed by atoms with Crippen LogP contribution in [0.25, 0.3) is 0 Å². The maximum absolute atomic E-state index is 13.1. The number of phenolic OH excluding ortho intramolecular Hbond substituents is 3. The van der Waals surface area contributed by atoms with Gasteiger partial charge in [0.2, 0.25) is 5.78 Å². The van der Waals surface area contributed by atoms with Crippen LogP contribution in [0.15, 0.2) is 18.2 Å². The van der Waals surface area contributed by atoms with Gasteiger partial charge in [-0.1, -0.05) is 31.9 Å².